The first-order valence-electron chi connectivity index (χ1n) is 11.2. The maximum atomic E-state index is 12.3. The first kappa shape index (κ1) is 21.4. The van der Waals surface area contributed by atoms with Gasteiger partial charge in [-0.2, -0.15) is 10.4 Å². The fourth-order valence-electron chi connectivity index (χ4n) is 4.49. The number of para-hydroxylation sites is 1. The quantitative estimate of drug-likeness (QED) is 0.389. The van der Waals surface area contributed by atoms with Crippen LogP contribution in [0.3, 0.4) is 0 Å². The summed E-state index contributed by atoms with van der Waals surface area (Å²) in [5.74, 6) is 1.41. The minimum absolute atomic E-state index is 0.00260. The number of likely N-dealkylation sites (tertiary alicyclic amines) is 1. The van der Waals surface area contributed by atoms with Gasteiger partial charge >= 0.3 is 0 Å². The van der Waals surface area contributed by atoms with Crippen molar-refractivity contribution in [3.05, 3.63) is 85.2 Å². The fourth-order valence-corrected chi connectivity index (χ4v) is 4.49. The summed E-state index contributed by atoms with van der Waals surface area (Å²) in [6, 6.07) is 19.6. The zero-order chi connectivity index (χ0) is 23.5. The van der Waals surface area contributed by atoms with Crippen LogP contribution in [-0.4, -0.2) is 38.2 Å². The Morgan fingerprint density at radius 1 is 1.15 bits per heavy atom. The van der Waals surface area contributed by atoms with Crippen molar-refractivity contribution in [1.29, 1.82) is 5.26 Å². The third-order valence-corrected chi connectivity index (χ3v) is 6.10. The molecule has 0 saturated carbocycles. The van der Waals surface area contributed by atoms with Crippen LogP contribution in [0.25, 0.3) is 22.2 Å². The van der Waals surface area contributed by atoms with Gasteiger partial charge in [0.1, 0.15) is 23.3 Å². The summed E-state index contributed by atoms with van der Waals surface area (Å²) in [7, 11) is 0. The van der Waals surface area contributed by atoms with Crippen LogP contribution in [0.1, 0.15) is 18.4 Å². The predicted molar refractivity (Wildman–Crippen MR) is 129 cm³/mol. The summed E-state index contributed by atoms with van der Waals surface area (Å²) in [4.78, 5) is 18.4. The number of nitriles is 1. The molecule has 34 heavy (non-hydrogen) atoms. The molecule has 4 aromatic rings. The molecule has 0 spiro atoms. The highest BCUT2D eigenvalue weighted by Gasteiger charge is 2.29. The predicted octanol–water partition coefficient (Wildman–Crippen LogP) is 4.94. The number of hydrogen-bond acceptors (Lipinski definition) is 5. The lowest BCUT2D eigenvalue weighted by Crippen LogP contribution is -2.37. The molecule has 1 amide bonds. The average molecular weight is 450 g/mol. The number of carbonyl (C=O) groups excluding carboxylic acids is 1. The Hall–Kier alpha value is -4.44. The van der Waals surface area contributed by atoms with Crippen molar-refractivity contribution in [3.63, 3.8) is 0 Å². The van der Waals surface area contributed by atoms with Crippen molar-refractivity contribution in [3.8, 4) is 28.8 Å². The molecule has 168 valence electrons. The van der Waals surface area contributed by atoms with Crippen LogP contribution in [-0.2, 0) is 11.3 Å². The van der Waals surface area contributed by atoms with Crippen molar-refractivity contribution in [2.24, 2.45) is 0 Å². The normalized spacial score (nSPS) is 15.3. The fraction of sp³-hybridized carbons (Fsp3) is 0.185. The van der Waals surface area contributed by atoms with Gasteiger partial charge in [0.2, 0.25) is 5.91 Å². The summed E-state index contributed by atoms with van der Waals surface area (Å²) in [6.45, 7) is 4.84. The van der Waals surface area contributed by atoms with Gasteiger partial charge < -0.3 is 9.64 Å². The standard InChI is InChI=1S/C27H23N5O2/c1-2-25(33)31-14-6-7-21(31)18-32-27-20(15-28)16-29-17-24(27)26(30-32)19-10-12-23(13-11-19)34-22-8-4-3-5-9-22/h2-5,8-13,16-17,21H,1,6-7,14,18H2/t21-/m0/s1. The van der Waals surface area contributed by atoms with Crippen LogP contribution in [0.15, 0.2) is 79.6 Å². The Bertz CT molecular complexity index is 1390. The Balaban J connectivity index is 1.50. The Kier molecular flexibility index (Phi) is 5.79. The second-order valence-corrected chi connectivity index (χ2v) is 8.20. The van der Waals surface area contributed by atoms with Crippen LogP contribution in [0.4, 0.5) is 0 Å². The second-order valence-electron chi connectivity index (χ2n) is 8.20. The van der Waals surface area contributed by atoms with Crippen LogP contribution >= 0.6 is 0 Å². The minimum atomic E-state index is -0.0737. The van der Waals surface area contributed by atoms with Gasteiger partial charge in [-0.1, -0.05) is 24.8 Å². The average Bonchev–Trinajstić information content (AvgIpc) is 3.50. The molecule has 0 radical (unpaired) electrons. The van der Waals surface area contributed by atoms with Crippen molar-refractivity contribution in [2.75, 3.05) is 6.54 Å². The van der Waals surface area contributed by atoms with Gasteiger partial charge in [0.15, 0.2) is 0 Å². The van der Waals surface area contributed by atoms with Gasteiger partial charge in [-0.25, -0.2) is 0 Å². The molecular formula is C27H23N5O2. The van der Waals surface area contributed by atoms with Gasteiger partial charge in [0.05, 0.1) is 23.7 Å². The summed E-state index contributed by atoms with van der Waals surface area (Å²) in [5, 5.41) is 15.4. The molecule has 1 atom stereocenters. The van der Waals surface area contributed by atoms with E-state index in [1.165, 1.54) is 6.08 Å². The number of carbonyl (C=O) groups is 1. The number of fused-ring (bicyclic) bond motifs is 1. The van der Waals surface area contributed by atoms with Gasteiger partial charge in [0, 0.05) is 29.9 Å². The molecule has 3 heterocycles. The maximum absolute atomic E-state index is 12.3. The third-order valence-electron chi connectivity index (χ3n) is 6.10. The molecule has 0 unspecified atom stereocenters. The van der Waals surface area contributed by atoms with Crippen molar-refractivity contribution < 1.29 is 9.53 Å². The van der Waals surface area contributed by atoms with Crippen molar-refractivity contribution >= 4 is 16.8 Å². The van der Waals surface area contributed by atoms with Gasteiger partial charge in [-0.3, -0.25) is 14.5 Å². The van der Waals surface area contributed by atoms with Crippen LogP contribution < -0.4 is 4.74 Å². The van der Waals surface area contributed by atoms with E-state index in [4.69, 9.17) is 9.84 Å². The highest BCUT2D eigenvalue weighted by Crippen LogP contribution is 2.32. The van der Waals surface area contributed by atoms with Gasteiger partial charge in [-0.15, -0.1) is 0 Å². The van der Waals surface area contributed by atoms with E-state index in [2.05, 4.69) is 17.6 Å². The molecule has 0 bridgehead atoms. The number of nitrogens with zero attached hydrogens (tertiary/aromatic N) is 5. The first-order chi connectivity index (χ1) is 16.7. The van der Waals surface area contributed by atoms with Crippen molar-refractivity contribution in [2.45, 2.75) is 25.4 Å². The lowest BCUT2D eigenvalue weighted by Gasteiger charge is -2.23. The summed E-state index contributed by atoms with van der Waals surface area (Å²) in [5.41, 5.74) is 2.83. The number of pyridine rings is 1. The number of hydrogen-bond donors (Lipinski definition) is 0. The summed E-state index contributed by atoms with van der Waals surface area (Å²) >= 11 is 0. The van der Waals surface area contributed by atoms with Crippen LogP contribution in [0, 0.1) is 11.3 Å². The topological polar surface area (TPSA) is 84.0 Å². The molecule has 1 aliphatic rings. The van der Waals surface area contributed by atoms with Crippen molar-refractivity contribution in [1.82, 2.24) is 19.7 Å². The van der Waals surface area contributed by atoms with Crippen LogP contribution in [0.2, 0.25) is 0 Å². The Morgan fingerprint density at radius 2 is 1.91 bits per heavy atom. The van der Waals surface area contributed by atoms with E-state index in [9.17, 15) is 10.1 Å². The number of aromatic nitrogens is 3. The molecule has 2 aromatic carbocycles. The summed E-state index contributed by atoms with van der Waals surface area (Å²) in [6.07, 6.45) is 6.47. The highest BCUT2D eigenvalue weighted by atomic mass is 16.5. The first-order valence-corrected chi connectivity index (χ1v) is 11.2. The molecule has 1 aliphatic heterocycles. The molecule has 7 nitrogen and oxygen atoms in total. The number of rotatable bonds is 6. The molecular weight excluding hydrogens is 426 g/mol. The zero-order valence-electron chi connectivity index (χ0n) is 18.6. The largest absolute Gasteiger partial charge is 0.457 e. The van der Waals surface area contributed by atoms with Gasteiger partial charge in [0.25, 0.3) is 0 Å². The number of amides is 1. The maximum Gasteiger partial charge on any atom is 0.246 e. The van der Waals surface area contributed by atoms with E-state index < -0.39 is 0 Å². The minimum Gasteiger partial charge on any atom is -0.457 e. The SMILES string of the molecule is C=CC(=O)N1CCC[C@H]1Cn1nc(-c2ccc(Oc3ccccc3)cc2)c2cncc(C#N)c21. The number of benzene rings is 2. The third kappa shape index (κ3) is 4.02. The highest BCUT2D eigenvalue weighted by molar-refractivity contribution is 5.95. The van der Waals surface area contributed by atoms with Gasteiger partial charge in [-0.05, 0) is 55.3 Å². The lowest BCUT2D eigenvalue weighted by atomic mass is 10.1. The molecule has 2 aromatic heterocycles. The van der Waals surface area contributed by atoms with E-state index in [1.54, 1.807) is 12.4 Å². The molecule has 1 fully saturated rings. The molecule has 1 saturated heterocycles. The molecule has 0 N–H and O–H groups in total. The monoisotopic (exact) mass is 449 g/mol. The lowest BCUT2D eigenvalue weighted by molar-refractivity contribution is -0.127. The van der Waals surface area contributed by atoms with E-state index in [0.717, 1.165) is 46.5 Å². The molecule has 5 rings (SSSR count). The smallest absolute Gasteiger partial charge is 0.246 e. The molecule has 7 heteroatoms. The van der Waals surface area contributed by atoms with Crippen LogP contribution in [0.5, 0.6) is 11.5 Å². The Labute approximate surface area is 197 Å². The van der Waals surface area contributed by atoms with E-state index in [1.807, 2.05) is 64.2 Å². The number of ether oxygens (including phenoxy) is 1. The van der Waals surface area contributed by atoms with E-state index in [-0.39, 0.29) is 11.9 Å². The zero-order valence-corrected chi connectivity index (χ0v) is 18.6. The summed E-state index contributed by atoms with van der Waals surface area (Å²) < 4.78 is 7.75. The Morgan fingerprint density at radius 3 is 2.65 bits per heavy atom. The van der Waals surface area contributed by atoms with E-state index >= 15 is 0 Å². The molecule has 0 aliphatic carbocycles. The second kappa shape index (κ2) is 9.20. The van der Waals surface area contributed by atoms with E-state index in [0.29, 0.717) is 18.7 Å².